The van der Waals surface area contributed by atoms with Crippen LogP contribution in [0.15, 0.2) is 36.4 Å². The third kappa shape index (κ3) is 2.66. The summed E-state index contributed by atoms with van der Waals surface area (Å²) in [6, 6.07) is 11.1. The zero-order valence-electron chi connectivity index (χ0n) is 10.2. The van der Waals surface area contributed by atoms with E-state index in [2.05, 4.69) is 0 Å². The maximum atomic E-state index is 5.91. The average molecular weight is 242 g/mol. The lowest BCUT2D eigenvalue weighted by molar-refractivity contribution is 0.967. The molecule has 0 atom stereocenters. The molecule has 0 unspecified atom stereocenters. The van der Waals surface area contributed by atoms with Gasteiger partial charge in [0.15, 0.2) is 0 Å². The standard InChI is InChI=1S/C14H18N4/c15-11-3-5-13(17)9(7-11)1-2-10-8-12(16)4-6-14(10)18/h3-8H,1-2,15-18H2. The van der Waals surface area contributed by atoms with Crippen LogP contribution in [0.2, 0.25) is 0 Å². The van der Waals surface area contributed by atoms with Gasteiger partial charge in [-0.05, 0) is 60.4 Å². The lowest BCUT2D eigenvalue weighted by Gasteiger charge is -2.09. The van der Waals surface area contributed by atoms with E-state index in [9.17, 15) is 0 Å². The van der Waals surface area contributed by atoms with Crippen molar-refractivity contribution in [3.05, 3.63) is 47.5 Å². The number of hydrogen-bond donors (Lipinski definition) is 4. The Balaban J connectivity index is 2.16. The fourth-order valence-electron chi connectivity index (χ4n) is 1.95. The molecule has 0 fully saturated rings. The van der Waals surface area contributed by atoms with Crippen LogP contribution < -0.4 is 22.9 Å². The van der Waals surface area contributed by atoms with Crippen LogP contribution in [0.25, 0.3) is 0 Å². The van der Waals surface area contributed by atoms with Crippen LogP contribution in [0.5, 0.6) is 0 Å². The summed E-state index contributed by atoms with van der Waals surface area (Å²) in [5.41, 5.74) is 28.4. The van der Waals surface area contributed by atoms with E-state index in [1.54, 1.807) is 12.1 Å². The number of rotatable bonds is 3. The van der Waals surface area contributed by atoms with Gasteiger partial charge >= 0.3 is 0 Å². The van der Waals surface area contributed by atoms with Crippen molar-refractivity contribution < 1.29 is 0 Å². The fourth-order valence-corrected chi connectivity index (χ4v) is 1.95. The van der Waals surface area contributed by atoms with Crippen LogP contribution in [0.4, 0.5) is 22.7 Å². The second-order valence-corrected chi connectivity index (χ2v) is 4.42. The van der Waals surface area contributed by atoms with Crippen molar-refractivity contribution >= 4 is 22.7 Å². The Morgan fingerprint density at radius 3 is 1.39 bits per heavy atom. The molecule has 2 rings (SSSR count). The first kappa shape index (κ1) is 12.1. The van der Waals surface area contributed by atoms with Gasteiger partial charge in [0.1, 0.15) is 0 Å². The zero-order valence-corrected chi connectivity index (χ0v) is 10.2. The lowest BCUT2D eigenvalue weighted by atomic mass is 10.0. The Morgan fingerprint density at radius 1 is 0.611 bits per heavy atom. The van der Waals surface area contributed by atoms with Crippen molar-refractivity contribution in [2.24, 2.45) is 0 Å². The smallest absolute Gasteiger partial charge is 0.0348 e. The zero-order chi connectivity index (χ0) is 13.1. The molecule has 0 bridgehead atoms. The van der Waals surface area contributed by atoms with E-state index in [0.717, 1.165) is 46.7 Å². The Bertz CT molecular complexity index is 512. The van der Waals surface area contributed by atoms with Gasteiger partial charge < -0.3 is 22.9 Å². The second-order valence-electron chi connectivity index (χ2n) is 4.42. The van der Waals surface area contributed by atoms with Gasteiger partial charge in [0.25, 0.3) is 0 Å². The summed E-state index contributed by atoms with van der Waals surface area (Å²) in [6.45, 7) is 0. The summed E-state index contributed by atoms with van der Waals surface area (Å²) in [5, 5.41) is 0. The second kappa shape index (κ2) is 4.87. The summed E-state index contributed by atoms with van der Waals surface area (Å²) >= 11 is 0. The Labute approximate surface area is 107 Å². The highest BCUT2D eigenvalue weighted by atomic mass is 14.6. The van der Waals surface area contributed by atoms with Crippen LogP contribution in [-0.4, -0.2) is 0 Å². The van der Waals surface area contributed by atoms with Gasteiger partial charge in [-0.2, -0.15) is 0 Å². The highest BCUT2D eigenvalue weighted by Crippen LogP contribution is 2.21. The molecule has 0 saturated heterocycles. The molecule has 0 heterocycles. The lowest BCUT2D eigenvalue weighted by Crippen LogP contribution is -2.02. The molecular weight excluding hydrogens is 224 g/mol. The quantitative estimate of drug-likeness (QED) is 0.616. The van der Waals surface area contributed by atoms with Gasteiger partial charge in [-0.25, -0.2) is 0 Å². The first-order valence-corrected chi connectivity index (χ1v) is 5.84. The summed E-state index contributed by atoms with van der Waals surface area (Å²) in [7, 11) is 0. The van der Waals surface area contributed by atoms with Crippen molar-refractivity contribution in [2.75, 3.05) is 22.9 Å². The van der Waals surface area contributed by atoms with E-state index in [1.807, 2.05) is 24.3 Å². The van der Waals surface area contributed by atoms with Gasteiger partial charge in [0, 0.05) is 22.7 Å². The SMILES string of the molecule is Nc1ccc(N)c(CCc2cc(N)ccc2N)c1. The number of hydrogen-bond acceptors (Lipinski definition) is 4. The minimum atomic E-state index is 0.722. The Morgan fingerprint density at radius 2 is 1.00 bits per heavy atom. The molecule has 8 N–H and O–H groups in total. The first-order valence-electron chi connectivity index (χ1n) is 5.84. The van der Waals surface area contributed by atoms with Gasteiger partial charge in [-0.15, -0.1) is 0 Å². The molecule has 0 aromatic heterocycles. The molecule has 0 aliphatic carbocycles. The number of nitrogens with two attached hydrogens (primary N) is 4. The molecule has 2 aromatic rings. The molecular formula is C14H18N4. The summed E-state index contributed by atoms with van der Waals surface area (Å²) in [5.74, 6) is 0. The Kier molecular flexibility index (Phi) is 3.28. The monoisotopic (exact) mass is 242 g/mol. The average Bonchev–Trinajstić information content (AvgIpc) is 2.34. The molecule has 0 aliphatic heterocycles. The van der Waals surface area contributed by atoms with Gasteiger partial charge in [0.05, 0.1) is 0 Å². The van der Waals surface area contributed by atoms with E-state index in [-0.39, 0.29) is 0 Å². The largest absolute Gasteiger partial charge is 0.399 e. The predicted molar refractivity (Wildman–Crippen MR) is 77.9 cm³/mol. The minimum Gasteiger partial charge on any atom is -0.399 e. The molecule has 4 heteroatoms. The molecule has 0 saturated carbocycles. The summed E-state index contributed by atoms with van der Waals surface area (Å²) in [4.78, 5) is 0. The molecule has 18 heavy (non-hydrogen) atoms. The van der Waals surface area contributed by atoms with Gasteiger partial charge in [0.2, 0.25) is 0 Å². The topological polar surface area (TPSA) is 104 Å². The highest BCUT2D eigenvalue weighted by molar-refractivity contribution is 5.57. The van der Waals surface area contributed by atoms with Crippen LogP contribution in [-0.2, 0) is 12.8 Å². The number of benzene rings is 2. The van der Waals surface area contributed by atoms with Crippen molar-refractivity contribution in [1.82, 2.24) is 0 Å². The van der Waals surface area contributed by atoms with Crippen molar-refractivity contribution in [2.45, 2.75) is 12.8 Å². The minimum absolute atomic E-state index is 0.722. The van der Waals surface area contributed by atoms with E-state index < -0.39 is 0 Å². The molecule has 4 nitrogen and oxygen atoms in total. The van der Waals surface area contributed by atoms with E-state index in [1.165, 1.54) is 0 Å². The molecule has 2 aromatic carbocycles. The van der Waals surface area contributed by atoms with E-state index in [0.29, 0.717) is 0 Å². The Hall–Kier alpha value is -2.36. The maximum Gasteiger partial charge on any atom is 0.0348 e. The fraction of sp³-hybridized carbons (Fsp3) is 0.143. The van der Waals surface area contributed by atoms with Crippen LogP contribution in [0, 0.1) is 0 Å². The highest BCUT2D eigenvalue weighted by Gasteiger charge is 2.04. The summed E-state index contributed by atoms with van der Waals surface area (Å²) < 4.78 is 0. The van der Waals surface area contributed by atoms with Gasteiger partial charge in [-0.1, -0.05) is 0 Å². The van der Waals surface area contributed by atoms with Crippen molar-refractivity contribution in [3.63, 3.8) is 0 Å². The number of aryl methyl sites for hydroxylation is 2. The van der Waals surface area contributed by atoms with Crippen molar-refractivity contribution in [1.29, 1.82) is 0 Å². The molecule has 0 spiro atoms. The third-order valence-corrected chi connectivity index (χ3v) is 3.00. The third-order valence-electron chi connectivity index (χ3n) is 3.00. The molecule has 0 amide bonds. The molecule has 0 radical (unpaired) electrons. The molecule has 94 valence electrons. The van der Waals surface area contributed by atoms with Gasteiger partial charge in [-0.3, -0.25) is 0 Å². The number of anilines is 4. The predicted octanol–water partition coefficient (Wildman–Crippen LogP) is 1.80. The van der Waals surface area contributed by atoms with E-state index >= 15 is 0 Å². The first-order chi connectivity index (χ1) is 8.56. The number of nitrogen functional groups attached to an aromatic ring is 4. The van der Waals surface area contributed by atoms with Crippen molar-refractivity contribution in [3.8, 4) is 0 Å². The maximum absolute atomic E-state index is 5.91. The van der Waals surface area contributed by atoms with Crippen LogP contribution >= 0.6 is 0 Å². The van der Waals surface area contributed by atoms with E-state index in [4.69, 9.17) is 22.9 Å². The van der Waals surface area contributed by atoms with Crippen LogP contribution in [0.3, 0.4) is 0 Å². The summed E-state index contributed by atoms with van der Waals surface area (Å²) in [6.07, 6.45) is 1.59. The molecule has 0 aliphatic rings. The van der Waals surface area contributed by atoms with Crippen LogP contribution in [0.1, 0.15) is 11.1 Å². The normalized spacial score (nSPS) is 10.4.